The van der Waals surface area contributed by atoms with E-state index in [1.54, 1.807) is 0 Å². The van der Waals surface area contributed by atoms with Gasteiger partial charge in [-0.15, -0.1) is 0 Å². The maximum absolute atomic E-state index is 5.76. The Balaban J connectivity index is 2.70. The number of hydrogen-bond donors (Lipinski definition) is 2. The van der Waals surface area contributed by atoms with Crippen molar-refractivity contribution < 1.29 is 0 Å². The Bertz CT molecular complexity index is 473. The van der Waals surface area contributed by atoms with Crippen LogP contribution >= 0.6 is 15.9 Å². The van der Waals surface area contributed by atoms with Crippen LogP contribution in [0.1, 0.15) is 24.4 Å². The second kappa shape index (κ2) is 3.37. The van der Waals surface area contributed by atoms with Crippen LogP contribution < -0.4 is 5.73 Å². The molecule has 3 nitrogen and oxygen atoms in total. The van der Waals surface area contributed by atoms with Crippen LogP contribution in [0.5, 0.6) is 0 Å². The fourth-order valence-corrected chi connectivity index (χ4v) is 2.11. The van der Waals surface area contributed by atoms with E-state index in [1.165, 1.54) is 5.56 Å². The Morgan fingerprint density at radius 2 is 2.21 bits per heavy atom. The third kappa shape index (κ3) is 1.55. The van der Waals surface area contributed by atoms with Gasteiger partial charge in [-0.3, -0.25) is 0 Å². The number of benzene rings is 1. The Morgan fingerprint density at radius 3 is 2.86 bits per heavy atom. The maximum Gasteiger partial charge on any atom is 0.123 e. The smallest absolute Gasteiger partial charge is 0.123 e. The molecule has 0 spiro atoms. The number of aryl methyl sites for hydroxylation is 1. The van der Waals surface area contributed by atoms with E-state index < -0.39 is 0 Å². The van der Waals surface area contributed by atoms with Crippen molar-refractivity contribution in [2.24, 2.45) is 5.73 Å². The molecule has 0 saturated carbocycles. The Hall–Kier alpha value is -0.870. The fraction of sp³-hybridized carbons (Fsp3) is 0.300. The van der Waals surface area contributed by atoms with E-state index in [4.69, 9.17) is 5.73 Å². The summed E-state index contributed by atoms with van der Waals surface area (Å²) in [6.07, 6.45) is 0. The van der Waals surface area contributed by atoms with Crippen LogP contribution in [0.2, 0.25) is 0 Å². The van der Waals surface area contributed by atoms with Crippen LogP contribution in [0.25, 0.3) is 11.0 Å². The largest absolute Gasteiger partial charge is 0.341 e. The highest BCUT2D eigenvalue weighted by atomic mass is 79.9. The van der Waals surface area contributed by atoms with Gasteiger partial charge in [-0.05, 0) is 47.5 Å². The average molecular weight is 254 g/mol. The summed E-state index contributed by atoms with van der Waals surface area (Å²) < 4.78 is 1.01. The predicted octanol–water partition coefficient (Wildman–Crippen LogP) is 2.65. The van der Waals surface area contributed by atoms with Gasteiger partial charge < -0.3 is 10.7 Å². The molecule has 4 heteroatoms. The first-order valence-electron chi connectivity index (χ1n) is 4.49. The van der Waals surface area contributed by atoms with Crippen LogP contribution in [-0.2, 0) is 0 Å². The summed E-state index contributed by atoms with van der Waals surface area (Å²) in [6, 6.07) is 4.06. The van der Waals surface area contributed by atoms with E-state index in [1.807, 2.05) is 13.0 Å². The van der Waals surface area contributed by atoms with Crippen LogP contribution in [0.4, 0.5) is 0 Å². The minimum absolute atomic E-state index is 0.0605. The van der Waals surface area contributed by atoms with Crippen molar-refractivity contribution in [3.8, 4) is 0 Å². The molecule has 1 heterocycles. The minimum atomic E-state index is -0.0605. The molecule has 0 aliphatic rings. The highest BCUT2D eigenvalue weighted by Crippen LogP contribution is 2.24. The van der Waals surface area contributed by atoms with Crippen molar-refractivity contribution in [2.45, 2.75) is 19.9 Å². The molecule has 2 aromatic rings. The van der Waals surface area contributed by atoms with Gasteiger partial charge in [0, 0.05) is 4.47 Å². The van der Waals surface area contributed by atoms with E-state index in [0.29, 0.717) is 0 Å². The monoisotopic (exact) mass is 253 g/mol. The van der Waals surface area contributed by atoms with E-state index in [-0.39, 0.29) is 6.04 Å². The van der Waals surface area contributed by atoms with Crippen LogP contribution in [-0.4, -0.2) is 9.97 Å². The van der Waals surface area contributed by atoms with Gasteiger partial charge in [0.15, 0.2) is 0 Å². The standard InChI is InChI=1S/C10H12BrN3/c1-5-3-7(11)9-8(4-5)13-10(14-9)6(2)12/h3-4,6H,12H2,1-2H3,(H,13,14)/t6-/m0/s1. The number of fused-ring (bicyclic) bond motifs is 1. The van der Waals surface area contributed by atoms with E-state index in [0.717, 1.165) is 21.3 Å². The van der Waals surface area contributed by atoms with Gasteiger partial charge in [-0.2, -0.15) is 0 Å². The van der Waals surface area contributed by atoms with E-state index in [2.05, 4.69) is 38.9 Å². The van der Waals surface area contributed by atoms with E-state index in [9.17, 15) is 0 Å². The summed E-state index contributed by atoms with van der Waals surface area (Å²) in [5.41, 5.74) is 8.93. The van der Waals surface area contributed by atoms with Gasteiger partial charge in [0.05, 0.1) is 11.6 Å². The molecular weight excluding hydrogens is 242 g/mol. The molecule has 74 valence electrons. The summed E-state index contributed by atoms with van der Waals surface area (Å²) in [5.74, 6) is 0.825. The molecule has 0 unspecified atom stereocenters. The third-order valence-electron chi connectivity index (χ3n) is 2.13. The SMILES string of the molecule is Cc1cc(Br)c2nc([C@H](C)N)[nH]c2c1. The lowest BCUT2D eigenvalue weighted by atomic mass is 10.2. The first-order chi connectivity index (χ1) is 6.58. The Kier molecular flexibility index (Phi) is 2.33. The van der Waals surface area contributed by atoms with Crippen LogP contribution in [0.3, 0.4) is 0 Å². The zero-order valence-electron chi connectivity index (χ0n) is 8.13. The number of rotatable bonds is 1. The second-order valence-corrected chi connectivity index (χ2v) is 4.41. The number of nitrogens with zero attached hydrogens (tertiary/aromatic N) is 1. The number of halogens is 1. The number of nitrogens with one attached hydrogen (secondary N) is 1. The average Bonchev–Trinajstić information content (AvgIpc) is 2.47. The van der Waals surface area contributed by atoms with Crippen molar-refractivity contribution >= 4 is 27.0 Å². The first-order valence-corrected chi connectivity index (χ1v) is 5.28. The van der Waals surface area contributed by atoms with Crippen molar-refractivity contribution in [3.63, 3.8) is 0 Å². The number of nitrogens with two attached hydrogens (primary N) is 1. The molecule has 1 aromatic heterocycles. The number of imidazole rings is 1. The van der Waals surface area contributed by atoms with Gasteiger partial charge in [0.1, 0.15) is 11.3 Å². The molecular formula is C10H12BrN3. The summed E-state index contributed by atoms with van der Waals surface area (Å²) >= 11 is 3.49. The highest BCUT2D eigenvalue weighted by Gasteiger charge is 2.09. The van der Waals surface area contributed by atoms with Gasteiger partial charge in [-0.1, -0.05) is 0 Å². The quantitative estimate of drug-likeness (QED) is 0.821. The molecule has 0 aliphatic carbocycles. The number of H-pyrrole nitrogens is 1. The second-order valence-electron chi connectivity index (χ2n) is 3.55. The van der Waals surface area contributed by atoms with Crippen molar-refractivity contribution in [2.75, 3.05) is 0 Å². The van der Waals surface area contributed by atoms with Gasteiger partial charge in [-0.25, -0.2) is 4.98 Å². The topological polar surface area (TPSA) is 54.7 Å². The molecule has 0 radical (unpaired) electrons. The molecule has 0 bridgehead atoms. The molecule has 3 N–H and O–H groups in total. The fourth-order valence-electron chi connectivity index (χ4n) is 1.45. The van der Waals surface area contributed by atoms with Crippen LogP contribution in [0.15, 0.2) is 16.6 Å². The van der Waals surface area contributed by atoms with Gasteiger partial charge in [0.2, 0.25) is 0 Å². The van der Waals surface area contributed by atoms with Crippen molar-refractivity contribution in [3.05, 3.63) is 28.0 Å². The molecule has 1 aromatic carbocycles. The zero-order valence-corrected chi connectivity index (χ0v) is 9.72. The zero-order chi connectivity index (χ0) is 10.3. The normalized spacial score (nSPS) is 13.4. The van der Waals surface area contributed by atoms with Gasteiger partial charge in [0.25, 0.3) is 0 Å². The summed E-state index contributed by atoms with van der Waals surface area (Å²) in [5, 5.41) is 0. The lowest BCUT2D eigenvalue weighted by Crippen LogP contribution is -2.06. The number of aromatic amines is 1. The molecule has 0 amide bonds. The van der Waals surface area contributed by atoms with Gasteiger partial charge >= 0.3 is 0 Å². The summed E-state index contributed by atoms with van der Waals surface area (Å²) in [7, 11) is 0. The summed E-state index contributed by atoms with van der Waals surface area (Å²) in [4.78, 5) is 7.64. The lowest BCUT2D eigenvalue weighted by Gasteiger charge is -1.96. The highest BCUT2D eigenvalue weighted by molar-refractivity contribution is 9.10. The molecule has 14 heavy (non-hydrogen) atoms. The summed E-state index contributed by atoms with van der Waals surface area (Å²) in [6.45, 7) is 3.97. The lowest BCUT2D eigenvalue weighted by molar-refractivity contribution is 0.760. The molecule has 1 atom stereocenters. The number of aromatic nitrogens is 2. The predicted molar refractivity (Wildman–Crippen MR) is 61.1 cm³/mol. The van der Waals surface area contributed by atoms with Crippen molar-refractivity contribution in [1.82, 2.24) is 9.97 Å². The Morgan fingerprint density at radius 1 is 1.50 bits per heavy atom. The third-order valence-corrected chi connectivity index (χ3v) is 2.74. The molecule has 2 rings (SSSR count). The molecule has 0 fully saturated rings. The first kappa shape index (κ1) is 9.68. The van der Waals surface area contributed by atoms with Crippen molar-refractivity contribution in [1.29, 1.82) is 0 Å². The van der Waals surface area contributed by atoms with E-state index >= 15 is 0 Å². The number of hydrogen-bond acceptors (Lipinski definition) is 2. The molecule has 0 saturated heterocycles. The maximum atomic E-state index is 5.76. The minimum Gasteiger partial charge on any atom is -0.341 e. The Labute approximate surface area is 90.8 Å². The molecule has 0 aliphatic heterocycles. The van der Waals surface area contributed by atoms with Crippen LogP contribution in [0, 0.1) is 6.92 Å².